The molecule has 0 aliphatic rings. The molecule has 4 nitrogen and oxygen atoms in total. The summed E-state index contributed by atoms with van der Waals surface area (Å²) >= 11 is 0. The summed E-state index contributed by atoms with van der Waals surface area (Å²) in [4.78, 5) is 23.7. The summed E-state index contributed by atoms with van der Waals surface area (Å²) in [5.74, 6) is -1.26. The highest BCUT2D eigenvalue weighted by Gasteiger charge is 2.07. The van der Waals surface area contributed by atoms with Crippen molar-refractivity contribution in [2.75, 3.05) is 0 Å². The molecular weight excluding hydrogens is 362 g/mol. The molecule has 3 rings (SSSR count). The Hall–Kier alpha value is -3.28. The molecule has 1 aromatic heterocycles. The SMILES string of the molecule is O=C(CCc1cc(F)ccc1F)NCc1ccc(Cn2ccccc2=O)cc1. The molecule has 0 unspecified atom stereocenters. The standard InChI is InChI=1S/C22H20F2N2O2/c23-19-9-10-20(24)18(13-19)8-11-21(27)25-14-16-4-6-17(7-5-16)15-26-12-2-1-3-22(26)28/h1-7,9-10,12-13H,8,11,14-15H2,(H,25,27). The first-order valence-corrected chi connectivity index (χ1v) is 8.95. The number of aryl methyl sites for hydroxylation is 1. The lowest BCUT2D eigenvalue weighted by Crippen LogP contribution is -2.23. The van der Waals surface area contributed by atoms with Crippen LogP contribution >= 0.6 is 0 Å². The molecule has 144 valence electrons. The highest BCUT2D eigenvalue weighted by Crippen LogP contribution is 2.12. The molecule has 0 aliphatic carbocycles. The Balaban J connectivity index is 1.49. The molecule has 0 saturated carbocycles. The maximum absolute atomic E-state index is 13.6. The van der Waals surface area contributed by atoms with E-state index < -0.39 is 11.6 Å². The predicted octanol–water partition coefficient (Wildman–Crippen LogP) is 3.42. The highest BCUT2D eigenvalue weighted by molar-refractivity contribution is 5.76. The Morgan fingerprint density at radius 1 is 0.964 bits per heavy atom. The molecule has 0 spiro atoms. The number of aromatic nitrogens is 1. The van der Waals surface area contributed by atoms with Gasteiger partial charge in [-0.25, -0.2) is 8.78 Å². The van der Waals surface area contributed by atoms with Crippen molar-refractivity contribution < 1.29 is 13.6 Å². The second kappa shape index (κ2) is 9.08. The average molecular weight is 382 g/mol. The van der Waals surface area contributed by atoms with Gasteiger partial charge in [-0.1, -0.05) is 30.3 Å². The first kappa shape index (κ1) is 19.5. The molecule has 0 bridgehead atoms. The number of halogens is 2. The normalized spacial score (nSPS) is 10.6. The Morgan fingerprint density at radius 2 is 1.71 bits per heavy atom. The maximum atomic E-state index is 13.6. The summed E-state index contributed by atoms with van der Waals surface area (Å²) in [7, 11) is 0. The van der Waals surface area contributed by atoms with Crippen LogP contribution in [0.2, 0.25) is 0 Å². The smallest absolute Gasteiger partial charge is 0.250 e. The zero-order valence-electron chi connectivity index (χ0n) is 15.2. The van der Waals surface area contributed by atoms with Crippen molar-refractivity contribution in [3.63, 3.8) is 0 Å². The average Bonchev–Trinajstić information content (AvgIpc) is 2.70. The van der Waals surface area contributed by atoms with Crippen LogP contribution in [0.4, 0.5) is 8.78 Å². The molecule has 0 fully saturated rings. The van der Waals surface area contributed by atoms with Gasteiger partial charge in [0.05, 0.1) is 6.54 Å². The molecule has 0 atom stereocenters. The van der Waals surface area contributed by atoms with Gasteiger partial charge in [-0.05, 0) is 47.4 Å². The number of pyridine rings is 1. The van der Waals surface area contributed by atoms with Crippen molar-refractivity contribution in [3.05, 3.63) is 106 Å². The summed E-state index contributed by atoms with van der Waals surface area (Å²) in [6.45, 7) is 0.821. The van der Waals surface area contributed by atoms with E-state index >= 15 is 0 Å². The molecule has 3 aromatic rings. The quantitative estimate of drug-likeness (QED) is 0.681. The lowest BCUT2D eigenvalue weighted by atomic mass is 10.1. The van der Waals surface area contributed by atoms with Gasteiger partial charge in [-0.3, -0.25) is 9.59 Å². The zero-order chi connectivity index (χ0) is 19.9. The second-order valence-electron chi connectivity index (χ2n) is 6.50. The van der Waals surface area contributed by atoms with Crippen molar-refractivity contribution in [2.45, 2.75) is 25.9 Å². The fourth-order valence-corrected chi connectivity index (χ4v) is 2.82. The van der Waals surface area contributed by atoms with Gasteiger partial charge in [-0.2, -0.15) is 0 Å². The predicted molar refractivity (Wildman–Crippen MR) is 103 cm³/mol. The third-order valence-electron chi connectivity index (χ3n) is 4.39. The number of nitrogens with one attached hydrogen (secondary N) is 1. The van der Waals surface area contributed by atoms with E-state index in [-0.39, 0.29) is 29.9 Å². The zero-order valence-corrected chi connectivity index (χ0v) is 15.2. The van der Waals surface area contributed by atoms with Crippen LogP contribution in [0.1, 0.15) is 23.1 Å². The van der Waals surface area contributed by atoms with E-state index in [1.807, 2.05) is 24.3 Å². The van der Waals surface area contributed by atoms with E-state index in [9.17, 15) is 18.4 Å². The lowest BCUT2D eigenvalue weighted by molar-refractivity contribution is -0.121. The number of carbonyl (C=O) groups excluding carboxylic acids is 1. The molecule has 28 heavy (non-hydrogen) atoms. The molecular formula is C22H20F2N2O2. The number of carbonyl (C=O) groups is 1. The van der Waals surface area contributed by atoms with Crippen LogP contribution in [-0.4, -0.2) is 10.5 Å². The summed E-state index contributed by atoms with van der Waals surface area (Å²) in [5, 5.41) is 2.77. The van der Waals surface area contributed by atoms with Gasteiger partial charge < -0.3 is 9.88 Å². The summed E-state index contributed by atoms with van der Waals surface area (Å²) in [6, 6.07) is 15.8. The summed E-state index contributed by atoms with van der Waals surface area (Å²) in [6.07, 6.45) is 1.95. The molecule has 1 heterocycles. The van der Waals surface area contributed by atoms with Gasteiger partial charge in [-0.15, -0.1) is 0 Å². The van der Waals surface area contributed by atoms with E-state index in [0.29, 0.717) is 13.1 Å². The monoisotopic (exact) mass is 382 g/mol. The van der Waals surface area contributed by atoms with Crippen LogP contribution < -0.4 is 10.9 Å². The van der Waals surface area contributed by atoms with Gasteiger partial charge in [0.25, 0.3) is 5.56 Å². The van der Waals surface area contributed by atoms with Crippen molar-refractivity contribution in [1.82, 2.24) is 9.88 Å². The largest absolute Gasteiger partial charge is 0.352 e. The van der Waals surface area contributed by atoms with Crippen LogP contribution in [-0.2, 0) is 24.3 Å². The van der Waals surface area contributed by atoms with Gasteiger partial charge in [0.15, 0.2) is 0 Å². The maximum Gasteiger partial charge on any atom is 0.250 e. The van der Waals surface area contributed by atoms with Crippen LogP contribution in [0.3, 0.4) is 0 Å². The minimum Gasteiger partial charge on any atom is -0.352 e. The molecule has 6 heteroatoms. The highest BCUT2D eigenvalue weighted by atomic mass is 19.1. The second-order valence-corrected chi connectivity index (χ2v) is 6.50. The Kier molecular flexibility index (Phi) is 6.32. The third kappa shape index (κ3) is 5.36. The molecule has 1 amide bonds. The fraction of sp³-hybridized carbons (Fsp3) is 0.182. The number of hydrogen-bond acceptors (Lipinski definition) is 2. The summed E-state index contributed by atoms with van der Waals surface area (Å²) in [5.41, 5.74) is 2.02. The third-order valence-corrected chi connectivity index (χ3v) is 4.39. The van der Waals surface area contributed by atoms with Gasteiger partial charge in [0.1, 0.15) is 11.6 Å². The van der Waals surface area contributed by atoms with Crippen LogP contribution in [0.25, 0.3) is 0 Å². The number of rotatable bonds is 7. The Bertz CT molecular complexity index is 1010. The molecule has 1 N–H and O–H groups in total. The molecule has 2 aromatic carbocycles. The van der Waals surface area contributed by atoms with Crippen molar-refractivity contribution in [2.24, 2.45) is 0 Å². The Labute approximate surface area is 161 Å². The van der Waals surface area contributed by atoms with Gasteiger partial charge in [0.2, 0.25) is 5.91 Å². The Morgan fingerprint density at radius 3 is 2.46 bits per heavy atom. The van der Waals surface area contributed by atoms with Crippen LogP contribution in [0, 0.1) is 11.6 Å². The van der Waals surface area contributed by atoms with Crippen LogP contribution in [0.15, 0.2) is 71.7 Å². The number of nitrogens with zero attached hydrogens (tertiary/aromatic N) is 1. The fourth-order valence-electron chi connectivity index (χ4n) is 2.82. The summed E-state index contributed by atoms with van der Waals surface area (Å²) < 4.78 is 28.3. The minimum atomic E-state index is -0.519. The van der Waals surface area contributed by atoms with Crippen molar-refractivity contribution >= 4 is 5.91 Å². The van der Waals surface area contributed by atoms with Crippen LogP contribution in [0.5, 0.6) is 0 Å². The molecule has 0 aliphatic heterocycles. The minimum absolute atomic E-state index is 0.0615. The lowest BCUT2D eigenvalue weighted by Gasteiger charge is -2.08. The number of benzene rings is 2. The number of hydrogen-bond donors (Lipinski definition) is 1. The van der Waals surface area contributed by atoms with E-state index in [2.05, 4.69) is 5.32 Å². The van der Waals surface area contributed by atoms with Crippen molar-refractivity contribution in [3.8, 4) is 0 Å². The van der Waals surface area contributed by atoms with Crippen molar-refractivity contribution in [1.29, 1.82) is 0 Å². The van der Waals surface area contributed by atoms with E-state index in [1.165, 1.54) is 6.07 Å². The first-order valence-electron chi connectivity index (χ1n) is 8.95. The van der Waals surface area contributed by atoms with Gasteiger partial charge in [0, 0.05) is 25.2 Å². The topological polar surface area (TPSA) is 51.1 Å². The first-order chi connectivity index (χ1) is 13.5. The van der Waals surface area contributed by atoms with Gasteiger partial charge >= 0.3 is 0 Å². The van der Waals surface area contributed by atoms with E-state index in [4.69, 9.17) is 0 Å². The molecule has 0 radical (unpaired) electrons. The van der Waals surface area contributed by atoms with E-state index in [1.54, 1.807) is 22.9 Å². The van der Waals surface area contributed by atoms with E-state index in [0.717, 1.165) is 29.3 Å². The number of amides is 1. The molecule has 0 saturated heterocycles.